The second-order valence-electron chi connectivity index (χ2n) is 10.1. The van der Waals surface area contributed by atoms with Crippen LogP contribution in [-0.2, 0) is 49.8 Å². The van der Waals surface area contributed by atoms with Crippen molar-refractivity contribution < 1.29 is 60.0 Å². The molecule has 48 heavy (non-hydrogen) atoms. The van der Waals surface area contributed by atoms with Crippen LogP contribution in [0.2, 0.25) is 0 Å². The molecule has 6 nitrogen and oxygen atoms in total. The fourth-order valence-corrected chi connectivity index (χ4v) is 4.23. The number of pyridine rings is 2. The number of hydrogen-bond acceptors (Lipinski definition) is 6. The molecule has 0 amide bonds. The van der Waals surface area contributed by atoms with Gasteiger partial charge in [0, 0.05) is 58.6 Å². The summed E-state index contributed by atoms with van der Waals surface area (Å²) in [5, 5.41) is 20.3. The summed E-state index contributed by atoms with van der Waals surface area (Å²) in [7, 11) is 0. The van der Waals surface area contributed by atoms with Crippen molar-refractivity contribution in [1.82, 2.24) is 9.97 Å². The molecule has 0 fully saturated rings. The molecule has 0 aliphatic rings. The average Bonchev–Trinajstić information content (AvgIpc) is 3.05. The number of fused-ring (bicyclic) bond motifs is 2. The van der Waals surface area contributed by atoms with E-state index >= 15 is 0 Å². The zero-order valence-corrected chi connectivity index (χ0v) is 31.8. The van der Waals surface area contributed by atoms with Gasteiger partial charge >= 0.3 is 0 Å². The van der Waals surface area contributed by atoms with E-state index in [-0.39, 0.29) is 63.3 Å². The number of hydrogen-bond donors (Lipinski definition) is 2. The van der Waals surface area contributed by atoms with Crippen LogP contribution in [0.3, 0.4) is 0 Å². The molecule has 0 aliphatic carbocycles. The number of carbonyl (C=O) groups excluding carboxylic acids is 2. The molecular formula is C40H36Ir2N2O4-2. The molecule has 6 rings (SSSR count). The van der Waals surface area contributed by atoms with Crippen LogP contribution >= 0.6 is 0 Å². The number of allylic oxidation sites excluding steroid dienone is 4. The number of ketones is 2. The predicted molar refractivity (Wildman–Crippen MR) is 186 cm³/mol. The van der Waals surface area contributed by atoms with Gasteiger partial charge in [0.15, 0.2) is 11.6 Å². The number of benzene rings is 4. The van der Waals surface area contributed by atoms with E-state index in [2.05, 4.69) is 46.4 Å². The first-order valence-corrected chi connectivity index (χ1v) is 14.5. The number of aliphatic hydroxyl groups is 2. The minimum Gasteiger partial charge on any atom is -0.512 e. The molecule has 0 unspecified atom stereocenters. The Morgan fingerprint density at radius 3 is 1.65 bits per heavy atom. The van der Waals surface area contributed by atoms with Gasteiger partial charge in [-0.15, -0.1) is 71.8 Å². The van der Waals surface area contributed by atoms with Crippen LogP contribution in [0.15, 0.2) is 145 Å². The van der Waals surface area contributed by atoms with Gasteiger partial charge < -0.3 is 15.2 Å². The van der Waals surface area contributed by atoms with E-state index in [1.807, 2.05) is 97.2 Å². The zero-order chi connectivity index (χ0) is 33.3. The number of carbonyl (C=O) groups is 2. The molecule has 0 spiro atoms. The van der Waals surface area contributed by atoms with Gasteiger partial charge in [-0.3, -0.25) is 14.6 Å². The SMILES string of the molecule is CC(=O)C=C(C)O.CC(=O)C=C(C)O.[Ir].[Ir].[c-]1ccccc1-c1ccc2ccccc2n1.[c-]1ccccc1-c1nccc2ccccc12. The summed E-state index contributed by atoms with van der Waals surface area (Å²) in [6.45, 7) is 5.70. The van der Waals surface area contributed by atoms with Gasteiger partial charge in [0.1, 0.15) is 0 Å². The van der Waals surface area contributed by atoms with Crippen molar-refractivity contribution in [2.75, 3.05) is 0 Å². The van der Waals surface area contributed by atoms with Crippen molar-refractivity contribution in [2.24, 2.45) is 0 Å². The quantitative estimate of drug-likeness (QED) is 0.104. The molecule has 4 aromatic carbocycles. The first kappa shape index (κ1) is 41.4. The fourth-order valence-electron chi connectivity index (χ4n) is 4.23. The predicted octanol–water partition coefficient (Wildman–Crippen LogP) is 9.47. The Morgan fingerprint density at radius 2 is 1.12 bits per heavy atom. The molecule has 2 heterocycles. The van der Waals surface area contributed by atoms with Crippen LogP contribution in [0.1, 0.15) is 27.7 Å². The molecule has 0 saturated carbocycles. The number of nitrogens with zero attached hydrogens (tertiary/aromatic N) is 2. The second-order valence-corrected chi connectivity index (χ2v) is 10.1. The molecule has 2 N–H and O–H groups in total. The van der Waals surface area contributed by atoms with E-state index in [9.17, 15) is 9.59 Å². The third-order valence-corrected chi connectivity index (χ3v) is 6.05. The third kappa shape index (κ3) is 14.5. The van der Waals surface area contributed by atoms with Gasteiger partial charge in [-0.05, 0) is 67.4 Å². The summed E-state index contributed by atoms with van der Waals surface area (Å²) in [6.07, 6.45) is 4.18. The molecule has 0 aliphatic heterocycles. The summed E-state index contributed by atoms with van der Waals surface area (Å²) in [6, 6.07) is 44.8. The number of rotatable bonds is 4. The summed E-state index contributed by atoms with van der Waals surface area (Å²) in [5.74, 6) is -0.125. The van der Waals surface area contributed by atoms with E-state index in [4.69, 9.17) is 10.2 Å². The van der Waals surface area contributed by atoms with Crippen molar-refractivity contribution in [2.45, 2.75) is 27.7 Å². The van der Waals surface area contributed by atoms with Gasteiger partial charge in [0.25, 0.3) is 0 Å². The zero-order valence-electron chi connectivity index (χ0n) is 27.0. The molecule has 6 aromatic rings. The largest absolute Gasteiger partial charge is 0.512 e. The maximum atomic E-state index is 10.0. The van der Waals surface area contributed by atoms with Crippen molar-refractivity contribution in [3.05, 3.63) is 157 Å². The molecule has 2 radical (unpaired) electrons. The van der Waals surface area contributed by atoms with Gasteiger partial charge in [0.05, 0.1) is 17.0 Å². The molecule has 2 aromatic heterocycles. The Morgan fingerprint density at radius 1 is 0.604 bits per heavy atom. The fraction of sp³-hybridized carbons (Fsp3) is 0.100. The summed E-state index contributed by atoms with van der Waals surface area (Å²) < 4.78 is 0. The Labute approximate surface area is 309 Å². The molecule has 0 bridgehead atoms. The van der Waals surface area contributed by atoms with E-state index in [0.29, 0.717) is 0 Å². The third-order valence-electron chi connectivity index (χ3n) is 6.05. The Bertz CT molecular complexity index is 1900. The maximum Gasteiger partial charge on any atom is 0.155 e. The molecule has 250 valence electrons. The minimum absolute atomic E-state index is 0. The van der Waals surface area contributed by atoms with Gasteiger partial charge in [-0.25, -0.2) is 0 Å². The van der Waals surface area contributed by atoms with Crippen LogP contribution in [0.5, 0.6) is 0 Å². The van der Waals surface area contributed by atoms with Crippen molar-refractivity contribution in [3.8, 4) is 22.5 Å². The van der Waals surface area contributed by atoms with Crippen LogP contribution in [0.4, 0.5) is 0 Å². The smallest absolute Gasteiger partial charge is 0.155 e. The van der Waals surface area contributed by atoms with E-state index in [1.54, 1.807) is 0 Å². The molecular weight excluding hydrogens is 957 g/mol. The minimum atomic E-state index is -0.125. The molecule has 0 atom stereocenters. The molecule has 0 saturated heterocycles. The van der Waals surface area contributed by atoms with Crippen LogP contribution in [-0.4, -0.2) is 31.7 Å². The van der Waals surface area contributed by atoms with Crippen LogP contribution in [0.25, 0.3) is 44.2 Å². The monoisotopic (exact) mass is 994 g/mol. The normalized spacial score (nSPS) is 10.3. The number of aromatic nitrogens is 2. The Hall–Kier alpha value is -4.58. The van der Waals surface area contributed by atoms with Gasteiger partial charge in [0.2, 0.25) is 0 Å². The number of aliphatic hydroxyl groups excluding tert-OH is 2. The summed E-state index contributed by atoms with van der Waals surface area (Å²) in [4.78, 5) is 29.1. The van der Waals surface area contributed by atoms with E-state index in [1.165, 1.54) is 56.0 Å². The number of para-hydroxylation sites is 1. The first-order valence-electron chi connectivity index (χ1n) is 14.5. The van der Waals surface area contributed by atoms with Gasteiger partial charge in [-0.2, -0.15) is 0 Å². The van der Waals surface area contributed by atoms with Crippen LogP contribution in [0, 0.1) is 12.1 Å². The first-order chi connectivity index (χ1) is 22.1. The molecule has 8 heteroatoms. The van der Waals surface area contributed by atoms with Crippen molar-refractivity contribution in [3.63, 3.8) is 0 Å². The average molecular weight is 993 g/mol. The van der Waals surface area contributed by atoms with Gasteiger partial charge in [-0.1, -0.05) is 54.6 Å². The van der Waals surface area contributed by atoms with Crippen molar-refractivity contribution in [1.29, 1.82) is 0 Å². The second kappa shape index (κ2) is 22.1. The van der Waals surface area contributed by atoms with E-state index in [0.717, 1.165) is 28.0 Å². The van der Waals surface area contributed by atoms with E-state index < -0.39 is 0 Å². The van der Waals surface area contributed by atoms with Crippen LogP contribution < -0.4 is 0 Å². The van der Waals surface area contributed by atoms with Crippen molar-refractivity contribution >= 4 is 33.2 Å². The Kier molecular flexibility index (Phi) is 19.1. The maximum absolute atomic E-state index is 10.0. The topological polar surface area (TPSA) is 100 Å². The standard InChI is InChI=1S/2C15H10N.2C5H8O2.2Ir/c1-2-7-13(8-3-1)15-14-9-5-4-6-12(14)10-11-16-15;1-2-6-12(7-3-1)15-11-10-13-8-4-5-9-14(13)16-15;2*1-4(6)3-5(2)7;;/h1-7,9-11H;1-6,8-11H;2*3,6H,1-2H3;;/q2*-1;;;;. The summed E-state index contributed by atoms with van der Waals surface area (Å²) >= 11 is 0. The summed E-state index contributed by atoms with van der Waals surface area (Å²) in [5.41, 5.74) is 5.07. The Balaban J connectivity index is 0.000000340.